The summed E-state index contributed by atoms with van der Waals surface area (Å²) < 4.78 is 38.2. The monoisotopic (exact) mass is 519 g/mol. The van der Waals surface area contributed by atoms with E-state index in [9.17, 15) is 19.5 Å². The van der Waals surface area contributed by atoms with E-state index in [1.807, 2.05) is 6.92 Å². The van der Waals surface area contributed by atoms with Crippen LogP contribution in [0.5, 0.6) is 0 Å². The van der Waals surface area contributed by atoms with E-state index in [0.717, 1.165) is 0 Å². The second-order valence-electron chi connectivity index (χ2n) is 9.89. The minimum absolute atomic E-state index is 0.136. The first-order valence-electron chi connectivity index (χ1n) is 11.9. The van der Waals surface area contributed by atoms with Crippen molar-refractivity contribution in [2.24, 2.45) is 5.41 Å². The number of imide groups is 2. The van der Waals surface area contributed by atoms with Gasteiger partial charge in [0, 0.05) is 20.1 Å². The van der Waals surface area contributed by atoms with Crippen LogP contribution in [0.15, 0.2) is 10.6 Å². The van der Waals surface area contributed by atoms with Crippen molar-refractivity contribution in [2.75, 3.05) is 36.7 Å². The molecule has 1 aromatic carbocycles. The molecule has 1 aromatic heterocycles. The van der Waals surface area contributed by atoms with Crippen LogP contribution >= 0.6 is 0 Å². The number of urea groups is 1. The van der Waals surface area contributed by atoms with Gasteiger partial charge in [0.15, 0.2) is 17.1 Å². The van der Waals surface area contributed by atoms with Crippen molar-refractivity contribution in [3.05, 3.63) is 17.4 Å². The third kappa shape index (κ3) is 3.29. The molecule has 5 heterocycles. The van der Waals surface area contributed by atoms with E-state index in [1.165, 1.54) is 12.0 Å². The quantitative estimate of drug-likeness (QED) is 0.469. The van der Waals surface area contributed by atoms with Crippen molar-refractivity contribution in [3.63, 3.8) is 0 Å². The minimum Gasteiger partial charge on any atom is -0.382 e. The van der Waals surface area contributed by atoms with Gasteiger partial charge in [-0.15, -0.1) is 0 Å². The van der Waals surface area contributed by atoms with E-state index >= 15 is 4.39 Å². The van der Waals surface area contributed by atoms with Crippen LogP contribution in [0.3, 0.4) is 0 Å². The zero-order valence-corrected chi connectivity index (χ0v) is 20.3. The van der Waals surface area contributed by atoms with Crippen molar-refractivity contribution in [3.8, 4) is 0 Å². The van der Waals surface area contributed by atoms with Crippen LogP contribution in [0.25, 0.3) is 11.0 Å². The molecule has 198 valence electrons. The largest absolute Gasteiger partial charge is 0.382 e. The van der Waals surface area contributed by atoms with E-state index in [2.05, 4.69) is 15.8 Å². The normalized spacial score (nSPS) is 30.9. The number of morpholine rings is 1. The molecule has 0 saturated carbocycles. The Labute approximate surface area is 209 Å². The number of benzene rings is 1. The molecule has 3 fully saturated rings. The van der Waals surface area contributed by atoms with Gasteiger partial charge in [-0.2, -0.15) is 0 Å². The van der Waals surface area contributed by atoms with E-state index in [0.29, 0.717) is 5.56 Å². The van der Waals surface area contributed by atoms with Gasteiger partial charge in [0.1, 0.15) is 0 Å². The summed E-state index contributed by atoms with van der Waals surface area (Å²) in [6.07, 6.45) is -2.54. The van der Waals surface area contributed by atoms with E-state index in [1.54, 1.807) is 17.9 Å². The highest BCUT2D eigenvalue weighted by Gasteiger charge is 2.63. The van der Waals surface area contributed by atoms with Gasteiger partial charge in [-0.3, -0.25) is 25.1 Å². The summed E-state index contributed by atoms with van der Waals surface area (Å²) >= 11 is 0. The van der Waals surface area contributed by atoms with Crippen LogP contribution in [-0.2, 0) is 30.2 Å². The summed E-state index contributed by atoms with van der Waals surface area (Å²) in [5, 5.41) is 19.1. The SMILES string of the molecule is COC[C@H]1COC(O)N1c1noc2c(F)c3c(cc12)CC1(C(=O)NC(=O)NC1=O)C1[C@H](C)O[C@H](C)CN31. The van der Waals surface area contributed by atoms with Gasteiger partial charge < -0.3 is 28.7 Å². The molecule has 14 heteroatoms. The smallest absolute Gasteiger partial charge is 0.328 e. The molecule has 4 amide bonds. The Morgan fingerprint density at radius 2 is 2.00 bits per heavy atom. The topological polar surface area (TPSA) is 156 Å². The summed E-state index contributed by atoms with van der Waals surface area (Å²) in [5.74, 6) is -2.13. The number of carbonyl (C=O) groups excluding carboxylic acids is 3. The molecule has 6 rings (SSSR count). The summed E-state index contributed by atoms with van der Waals surface area (Å²) in [6.45, 7) is 4.08. The first-order chi connectivity index (χ1) is 17.7. The molecule has 0 bridgehead atoms. The lowest BCUT2D eigenvalue weighted by molar-refractivity contribution is -0.153. The molecule has 3 N–H and O–H groups in total. The van der Waals surface area contributed by atoms with Crippen LogP contribution in [0, 0.1) is 11.2 Å². The minimum atomic E-state index is -1.76. The number of aliphatic hydroxyl groups is 1. The molecule has 1 spiro atoms. The third-order valence-corrected chi connectivity index (χ3v) is 7.62. The number of aliphatic hydroxyl groups excluding tert-OH is 1. The standard InChI is InChI=1S/C23H26FN5O8/c1-9-6-28-15-11(5-23(17(28)10(2)36-9)19(30)25-21(32)26-20(23)31)4-13-16(14(15)24)37-27-18(13)29-12(7-34-3)8-35-22(29)33/h4,9-10,12,17,22,33H,5-8H2,1-3H3,(H2,25,26,30,31,32)/t9-,10+,12+,17?,22?/m1/s1. The summed E-state index contributed by atoms with van der Waals surface area (Å²) in [7, 11) is 1.50. The molecule has 3 saturated heterocycles. The predicted octanol–water partition coefficient (Wildman–Crippen LogP) is -0.0149. The Morgan fingerprint density at radius 3 is 2.70 bits per heavy atom. The first kappa shape index (κ1) is 24.0. The average molecular weight is 519 g/mol. The van der Waals surface area contributed by atoms with Crippen molar-refractivity contribution in [2.45, 2.75) is 51.0 Å². The molecule has 0 radical (unpaired) electrons. The van der Waals surface area contributed by atoms with Gasteiger partial charge in [-0.1, -0.05) is 5.16 Å². The maximum Gasteiger partial charge on any atom is 0.328 e. The summed E-state index contributed by atoms with van der Waals surface area (Å²) in [5.41, 5.74) is -1.37. The summed E-state index contributed by atoms with van der Waals surface area (Å²) in [4.78, 5) is 41.7. The molecule has 2 aromatic rings. The number of nitrogens with zero attached hydrogens (tertiary/aromatic N) is 3. The molecule has 0 aliphatic carbocycles. The number of ether oxygens (including phenoxy) is 3. The van der Waals surface area contributed by atoms with Crippen LogP contribution in [0.1, 0.15) is 19.4 Å². The number of rotatable bonds is 3. The molecule has 13 nitrogen and oxygen atoms in total. The maximum absolute atomic E-state index is 16.2. The van der Waals surface area contributed by atoms with Crippen LogP contribution in [0.4, 0.5) is 20.7 Å². The second kappa shape index (κ2) is 8.34. The molecular weight excluding hydrogens is 493 g/mol. The number of carbonyl (C=O) groups is 3. The lowest BCUT2D eigenvalue weighted by Crippen LogP contribution is -2.75. The number of barbiturate groups is 1. The fraction of sp³-hybridized carbons (Fsp3) is 0.565. The number of aromatic nitrogens is 1. The van der Waals surface area contributed by atoms with Gasteiger partial charge >= 0.3 is 6.03 Å². The molecule has 2 unspecified atom stereocenters. The number of amides is 4. The zero-order valence-electron chi connectivity index (χ0n) is 20.3. The number of nitrogens with one attached hydrogen (secondary N) is 2. The predicted molar refractivity (Wildman–Crippen MR) is 123 cm³/mol. The Bertz CT molecular complexity index is 1290. The van der Waals surface area contributed by atoms with E-state index in [-0.39, 0.29) is 54.8 Å². The van der Waals surface area contributed by atoms with Crippen molar-refractivity contribution in [1.82, 2.24) is 15.8 Å². The Kier molecular flexibility index (Phi) is 5.42. The van der Waals surface area contributed by atoms with E-state index < -0.39 is 53.7 Å². The number of halogens is 1. The van der Waals surface area contributed by atoms with Crippen LogP contribution in [-0.4, -0.2) is 85.7 Å². The van der Waals surface area contributed by atoms with Crippen LogP contribution in [0.2, 0.25) is 0 Å². The van der Waals surface area contributed by atoms with Gasteiger partial charge in [0.25, 0.3) is 0 Å². The first-order valence-corrected chi connectivity index (χ1v) is 11.9. The van der Waals surface area contributed by atoms with Crippen molar-refractivity contribution < 1.29 is 42.6 Å². The van der Waals surface area contributed by atoms with Gasteiger partial charge in [0.05, 0.1) is 48.6 Å². The van der Waals surface area contributed by atoms with Crippen LogP contribution < -0.4 is 20.4 Å². The Morgan fingerprint density at radius 1 is 1.27 bits per heavy atom. The third-order valence-electron chi connectivity index (χ3n) is 7.62. The second-order valence-corrected chi connectivity index (χ2v) is 9.89. The number of hydrogen-bond donors (Lipinski definition) is 3. The lowest BCUT2D eigenvalue weighted by Gasteiger charge is -2.55. The number of hydrogen-bond acceptors (Lipinski definition) is 11. The fourth-order valence-corrected chi connectivity index (χ4v) is 6.26. The number of anilines is 2. The Balaban J connectivity index is 1.55. The molecular formula is C23H26FN5O8. The fourth-order valence-electron chi connectivity index (χ4n) is 6.26. The lowest BCUT2D eigenvalue weighted by atomic mass is 9.66. The average Bonchev–Trinajstić information content (AvgIpc) is 3.40. The highest BCUT2D eigenvalue weighted by atomic mass is 19.1. The molecule has 4 aliphatic heterocycles. The number of fused-ring (bicyclic) bond motifs is 5. The molecule has 5 atom stereocenters. The molecule has 37 heavy (non-hydrogen) atoms. The summed E-state index contributed by atoms with van der Waals surface area (Å²) in [6, 6.07) is -0.608. The highest BCUT2D eigenvalue weighted by Crippen LogP contribution is 2.50. The molecule has 4 aliphatic rings. The van der Waals surface area contributed by atoms with E-state index in [4.69, 9.17) is 18.7 Å². The zero-order chi connectivity index (χ0) is 26.2. The maximum atomic E-state index is 16.2. The Hall–Kier alpha value is -3.33. The highest BCUT2D eigenvalue weighted by molar-refractivity contribution is 6.20. The van der Waals surface area contributed by atoms with Crippen molar-refractivity contribution in [1.29, 1.82) is 0 Å². The number of methoxy groups -OCH3 is 1. The van der Waals surface area contributed by atoms with Gasteiger partial charge in [-0.25, -0.2) is 9.18 Å². The van der Waals surface area contributed by atoms with Gasteiger partial charge in [0.2, 0.25) is 23.8 Å². The van der Waals surface area contributed by atoms with Gasteiger partial charge in [-0.05, 0) is 25.5 Å². The van der Waals surface area contributed by atoms with Crippen molar-refractivity contribution >= 4 is 40.3 Å².